The van der Waals surface area contributed by atoms with Crippen molar-refractivity contribution in [3.05, 3.63) is 18.2 Å². The highest BCUT2D eigenvalue weighted by atomic mass is 32.2. The maximum Gasteiger partial charge on any atom is 0.240 e. The summed E-state index contributed by atoms with van der Waals surface area (Å²) in [7, 11) is -3.72. The molecule has 0 radical (unpaired) electrons. The van der Waals surface area contributed by atoms with Crippen LogP contribution >= 0.6 is 0 Å². The number of hydrogen-bond donors (Lipinski definition) is 4. The molecule has 0 aliphatic carbocycles. The number of rotatable bonds is 5. The third-order valence-corrected chi connectivity index (χ3v) is 3.86. The third-order valence-electron chi connectivity index (χ3n) is 2.34. The number of aliphatic hydroxyl groups excluding tert-OH is 1. The Labute approximate surface area is 100 Å². The van der Waals surface area contributed by atoms with E-state index in [4.69, 9.17) is 10.8 Å². The number of nitrogens with two attached hydrogens (primary N) is 1. The number of aromatic hydroxyl groups is 1. The molecule has 0 heterocycles. The molecule has 0 amide bonds. The number of phenolic OH excluding ortho intramolecular Hbond substituents is 1. The van der Waals surface area contributed by atoms with Crippen LogP contribution in [-0.4, -0.2) is 31.3 Å². The fraction of sp³-hybridized carbons (Fsp3) is 0.400. The van der Waals surface area contributed by atoms with Crippen LogP contribution in [0.5, 0.6) is 5.75 Å². The Balaban J connectivity index is 3.01. The van der Waals surface area contributed by atoms with Gasteiger partial charge in [-0.05, 0) is 24.6 Å². The Kier molecular flexibility index (Phi) is 4.33. The molecule has 0 aromatic heterocycles. The van der Waals surface area contributed by atoms with Crippen molar-refractivity contribution in [3.8, 4) is 5.75 Å². The van der Waals surface area contributed by atoms with E-state index in [9.17, 15) is 13.5 Å². The second kappa shape index (κ2) is 5.35. The van der Waals surface area contributed by atoms with E-state index in [0.717, 1.165) is 0 Å². The molecule has 0 saturated carbocycles. The van der Waals surface area contributed by atoms with Gasteiger partial charge in [0, 0.05) is 6.04 Å². The summed E-state index contributed by atoms with van der Waals surface area (Å²) in [5.41, 5.74) is 5.41. The predicted octanol–water partition coefficient (Wildman–Crippen LogP) is 0.0236. The first-order valence-corrected chi connectivity index (χ1v) is 6.60. The lowest BCUT2D eigenvalue weighted by molar-refractivity contribution is 0.254. The largest absolute Gasteiger partial charge is 0.506 e. The quantitative estimate of drug-likeness (QED) is 0.440. The Hall–Kier alpha value is -1.31. The van der Waals surface area contributed by atoms with Crippen LogP contribution in [-0.2, 0) is 10.0 Å². The highest BCUT2D eigenvalue weighted by Crippen LogP contribution is 2.23. The number of benzene rings is 1. The van der Waals surface area contributed by atoms with Gasteiger partial charge in [-0.2, -0.15) is 0 Å². The molecule has 0 unspecified atom stereocenters. The third kappa shape index (κ3) is 3.32. The molecule has 0 spiro atoms. The van der Waals surface area contributed by atoms with E-state index >= 15 is 0 Å². The zero-order valence-electron chi connectivity index (χ0n) is 9.42. The minimum atomic E-state index is -3.72. The maximum absolute atomic E-state index is 11.9. The van der Waals surface area contributed by atoms with Gasteiger partial charge in [0.25, 0.3) is 0 Å². The number of nitrogen functional groups attached to an aromatic ring is 1. The van der Waals surface area contributed by atoms with Gasteiger partial charge in [0.1, 0.15) is 5.75 Å². The maximum atomic E-state index is 11.9. The minimum absolute atomic E-state index is 0.00933. The van der Waals surface area contributed by atoms with Gasteiger partial charge >= 0.3 is 0 Å². The zero-order valence-corrected chi connectivity index (χ0v) is 10.2. The van der Waals surface area contributed by atoms with E-state index in [-0.39, 0.29) is 22.9 Å². The van der Waals surface area contributed by atoms with Crippen molar-refractivity contribution < 1.29 is 18.6 Å². The number of aliphatic hydroxyl groups is 1. The molecule has 0 fully saturated rings. The van der Waals surface area contributed by atoms with Crippen molar-refractivity contribution in [3.63, 3.8) is 0 Å². The van der Waals surface area contributed by atoms with Crippen LogP contribution in [0.1, 0.15) is 13.3 Å². The van der Waals surface area contributed by atoms with E-state index in [2.05, 4.69) is 4.72 Å². The van der Waals surface area contributed by atoms with Crippen molar-refractivity contribution >= 4 is 15.7 Å². The topological polar surface area (TPSA) is 113 Å². The second-order valence-electron chi connectivity index (χ2n) is 3.63. The molecule has 7 heteroatoms. The first-order valence-electron chi connectivity index (χ1n) is 5.12. The zero-order chi connectivity index (χ0) is 13.1. The van der Waals surface area contributed by atoms with Gasteiger partial charge in [-0.25, -0.2) is 13.1 Å². The van der Waals surface area contributed by atoms with Gasteiger partial charge in [-0.15, -0.1) is 0 Å². The molecule has 96 valence electrons. The molecular weight excluding hydrogens is 244 g/mol. The van der Waals surface area contributed by atoms with Crippen LogP contribution < -0.4 is 10.5 Å². The second-order valence-corrected chi connectivity index (χ2v) is 5.34. The number of sulfonamides is 1. The normalized spacial score (nSPS) is 13.5. The van der Waals surface area contributed by atoms with Crippen molar-refractivity contribution in [2.24, 2.45) is 0 Å². The van der Waals surface area contributed by atoms with Crippen LogP contribution in [0.15, 0.2) is 23.1 Å². The average molecular weight is 260 g/mol. The van der Waals surface area contributed by atoms with Gasteiger partial charge < -0.3 is 15.9 Å². The Bertz CT molecular complexity index is 483. The summed E-state index contributed by atoms with van der Waals surface area (Å²) in [5.74, 6) is -0.168. The van der Waals surface area contributed by atoms with Crippen LogP contribution in [0.25, 0.3) is 0 Å². The number of anilines is 1. The Morgan fingerprint density at radius 2 is 2.12 bits per heavy atom. The summed E-state index contributed by atoms with van der Waals surface area (Å²) in [6.07, 6.45) is 0.475. The molecule has 1 atom stereocenters. The standard InChI is InChI=1S/C10H16N2O4S/c1-2-7(6-13)12-17(15,16)8-3-4-10(14)9(11)5-8/h3-5,7,12-14H,2,6,11H2,1H3/t7-/m1/s1. The molecule has 0 bridgehead atoms. The van der Waals surface area contributed by atoms with Gasteiger partial charge in [0.2, 0.25) is 10.0 Å². The molecular formula is C10H16N2O4S. The summed E-state index contributed by atoms with van der Waals surface area (Å²) in [4.78, 5) is -0.0419. The van der Waals surface area contributed by atoms with Crippen molar-refractivity contribution in [2.45, 2.75) is 24.3 Å². The van der Waals surface area contributed by atoms with E-state index in [1.165, 1.54) is 18.2 Å². The molecule has 0 aliphatic rings. The van der Waals surface area contributed by atoms with Crippen molar-refractivity contribution in [2.75, 3.05) is 12.3 Å². The molecule has 0 saturated heterocycles. The monoisotopic (exact) mass is 260 g/mol. The van der Waals surface area contributed by atoms with Gasteiger partial charge in [0.15, 0.2) is 0 Å². The molecule has 1 aromatic rings. The van der Waals surface area contributed by atoms with Crippen LogP contribution in [0, 0.1) is 0 Å². The summed E-state index contributed by atoms with van der Waals surface area (Å²) in [6, 6.07) is 3.10. The fourth-order valence-corrected chi connectivity index (χ4v) is 2.58. The Morgan fingerprint density at radius 3 is 2.59 bits per heavy atom. The molecule has 17 heavy (non-hydrogen) atoms. The van der Waals surface area contributed by atoms with E-state index in [1.807, 2.05) is 0 Å². The number of phenols is 1. The first kappa shape index (κ1) is 13.8. The van der Waals surface area contributed by atoms with Crippen molar-refractivity contribution in [1.82, 2.24) is 4.72 Å². The predicted molar refractivity (Wildman–Crippen MR) is 64.0 cm³/mol. The summed E-state index contributed by atoms with van der Waals surface area (Å²) in [6.45, 7) is 1.48. The smallest absolute Gasteiger partial charge is 0.240 e. The van der Waals surface area contributed by atoms with Gasteiger partial charge in [-0.1, -0.05) is 6.92 Å². The Morgan fingerprint density at radius 1 is 1.47 bits per heavy atom. The number of hydrogen-bond acceptors (Lipinski definition) is 5. The van der Waals surface area contributed by atoms with Gasteiger partial charge in [0.05, 0.1) is 17.2 Å². The lowest BCUT2D eigenvalue weighted by Gasteiger charge is -2.14. The lowest BCUT2D eigenvalue weighted by Crippen LogP contribution is -2.36. The van der Waals surface area contributed by atoms with E-state index in [0.29, 0.717) is 6.42 Å². The van der Waals surface area contributed by atoms with Crippen LogP contribution in [0.2, 0.25) is 0 Å². The fourth-order valence-electron chi connectivity index (χ4n) is 1.24. The first-order chi connectivity index (χ1) is 7.90. The SMILES string of the molecule is CC[C@H](CO)NS(=O)(=O)c1ccc(O)c(N)c1. The molecule has 0 aliphatic heterocycles. The van der Waals surface area contributed by atoms with Crippen LogP contribution in [0.4, 0.5) is 5.69 Å². The molecule has 5 N–H and O–H groups in total. The lowest BCUT2D eigenvalue weighted by atomic mass is 10.3. The highest BCUT2D eigenvalue weighted by Gasteiger charge is 2.19. The van der Waals surface area contributed by atoms with Crippen LogP contribution in [0.3, 0.4) is 0 Å². The average Bonchev–Trinajstić information content (AvgIpc) is 2.29. The summed E-state index contributed by atoms with van der Waals surface area (Å²) >= 11 is 0. The van der Waals surface area contributed by atoms with E-state index < -0.39 is 16.1 Å². The van der Waals surface area contributed by atoms with Crippen molar-refractivity contribution in [1.29, 1.82) is 0 Å². The van der Waals surface area contributed by atoms with E-state index in [1.54, 1.807) is 6.92 Å². The summed E-state index contributed by atoms with van der Waals surface area (Å²) < 4.78 is 26.1. The molecule has 6 nitrogen and oxygen atoms in total. The molecule has 1 aromatic carbocycles. The number of nitrogens with one attached hydrogen (secondary N) is 1. The van der Waals surface area contributed by atoms with Gasteiger partial charge in [-0.3, -0.25) is 0 Å². The molecule has 1 rings (SSSR count). The highest BCUT2D eigenvalue weighted by molar-refractivity contribution is 7.89. The summed E-state index contributed by atoms with van der Waals surface area (Å²) in [5, 5.41) is 18.1. The minimum Gasteiger partial charge on any atom is -0.506 e.